The number of carbonyl (C=O) groups is 1. The lowest BCUT2D eigenvalue weighted by Gasteiger charge is -2.25. The number of nitrogens with zero attached hydrogens (tertiary/aromatic N) is 1. The van der Waals surface area contributed by atoms with E-state index >= 15 is 0 Å². The molecule has 112 valence electrons. The first kappa shape index (κ1) is 15.4. The SMILES string of the molecule is C=CC(=O)N(Cc1cc(C)ccc1OC)CC1C=CCC1. The lowest BCUT2D eigenvalue weighted by molar-refractivity contribution is -0.127. The van der Waals surface area contributed by atoms with E-state index in [-0.39, 0.29) is 5.91 Å². The number of amides is 1. The standard InChI is InChI=1S/C18H23NO2/c1-4-18(20)19(12-15-7-5-6-8-15)13-16-11-14(2)9-10-17(16)21-3/h4-5,7,9-11,15H,1,6,8,12-13H2,2-3H3. The van der Waals surface area contributed by atoms with Crippen LogP contribution in [0, 0.1) is 12.8 Å². The highest BCUT2D eigenvalue weighted by molar-refractivity contribution is 5.87. The molecule has 0 bridgehead atoms. The van der Waals surface area contributed by atoms with Gasteiger partial charge in [0.05, 0.1) is 7.11 Å². The molecule has 1 aromatic carbocycles. The molecule has 1 aromatic rings. The second kappa shape index (κ2) is 7.11. The van der Waals surface area contributed by atoms with E-state index in [2.05, 4.69) is 24.8 Å². The van der Waals surface area contributed by atoms with Gasteiger partial charge in [0.2, 0.25) is 5.91 Å². The Bertz CT molecular complexity index is 548. The summed E-state index contributed by atoms with van der Waals surface area (Å²) in [6.45, 7) is 6.95. The molecule has 21 heavy (non-hydrogen) atoms. The summed E-state index contributed by atoms with van der Waals surface area (Å²) in [4.78, 5) is 14.0. The van der Waals surface area contributed by atoms with Gasteiger partial charge >= 0.3 is 0 Å². The first-order valence-corrected chi connectivity index (χ1v) is 7.35. The number of methoxy groups -OCH3 is 1. The van der Waals surface area contributed by atoms with Gasteiger partial charge in [0, 0.05) is 18.7 Å². The van der Waals surface area contributed by atoms with Gasteiger partial charge in [0.15, 0.2) is 0 Å². The smallest absolute Gasteiger partial charge is 0.246 e. The topological polar surface area (TPSA) is 29.5 Å². The largest absolute Gasteiger partial charge is 0.496 e. The highest BCUT2D eigenvalue weighted by atomic mass is 16.5. The van der Waals surface area contributed by atoms with Crippen LogP contribution in [0.5, 0.6) is 5.75 Å². The quantitative estimate of drug-likeness (QED) is 0.591. The number of ether oxygens (including phenoxy) is 1. The fraction of sp³-hybridized carbons (Fsp3) is 0.389. The average molecular weight is 285 g/mol. The van der Waals surface area contributed by atoms with Crippen molar-refractivity contribution in [2.45, 2.75) is 26.3 Å². The van der Waals surface area contributed by atoms with Crippen molar-refractivity contribution >= 4 is 5.91 Å². The maximum absolute atomic E-state index is 12.1. The van der Waals surface area contributed by atoms with Crippen molar-refractivity contribution in [3.63, 3.8) is 0 Å². The molecule has 3 heteroatoms. The first-order chi connectivity index (χ1) is 10.1. The molecule has 0 aliphatic heterocycles. The molecule has 0 saturated heterocycles. The van der Waals surface area contributed by atoms with E-state index in [1.165, 1.54) is 6.08 Å². The lowest BCUT2D eigenvalue weighted by Crippen LogP contribution is -2.33. The van der Waals surface area contributed by atoms with Crippen molar-refractivity contribution in [3.8, 4) is 5.75 Å². The normalized spacial score (nSPS) is 16.8. The van der Waals surface area contributed by atoms with E-state index in [4.69, 9.17) is 4.74 Å². The van der Waals surface area contributed by atoms with Crippen LogP contribution >= 0.6 is 0 Å². The average Bonchev–Trinajstić information content (AvgIpc) is 2.99. The molecule has 0 spiro atoms. The molecule has 0 saturated carbocycles. The molecule has 0 N–H and O–H groups in total. The van der Waals surface area contributed by atoms with Gasteiger partial charge < -0.3 is 9.64 Å². The second-order valence-electron chi connectivity index (χ2n) is 5.50. The fourth-order valence-electron chi connectivity index (χ4n) is 2.73. The summed E-state index contributed by atoms with van der Waals surface area (Å²) < 4.78 is 5.41. The third kappa shape index (κ3) is 3.97. The Morgan fingerprint density at radius 2 is 2.33 bits per heavy atom. The van der Waals surface area contributed by atoms with Crippen molar-refractivity contribution in [3.05, 3.63) is 54.1 Å². The van der Waals surface area contributed by atoms with E-state index < -0.39 is 0 Å². The molecule has 3 nitrogen and oxygen atoms in total. The molecule has 1 unspecified atom stereocenters. The van der Waals surface area contributed by atoms with Crippen molar-refractivity contribution < 1.29 is 9.53 Å². The van der Waals surface area contributed by atoms with Crippen LogP contribution in [0.15, 0.2) is 43.0 Å². The lowest BCUT2D eigenvalue weighted by atomic mass is 10.1. The summed E-state index contributed by atoms with van der Waals surface area (Å²) in [6.07, 6.45) is 8.01. The Morgan fingerprint density at radius 1 is 1.52 bits per heavy atom. The van der Waals surface area contributed by atoms with Crippen molar-refractivity contribution in [1.82, 2.24) is 4.90 Å². The van der Waals surface area contributed by atoms with Crippen molar-refractivity contribution in [1.29, 1.82) is 0 Å². The molecule has 2 rings (SSSR count). The zero-order valence-electron chi connectivity index (χ0n) is 12.8. The first-order valence-electron chi connectivity index (χ1n) is 7.35. The minimum absolute atomic E-state index is 0.0288. The number of rotatable bonds is 6. The molecular formula is C18H23NO2. The summed E-state index contributed by atoms with van der Waals surface area (Å²) >= 11 is 0. The molecule has 0 heterocycles. The minimum Gasteiger partial charge on any atom is -0.496 e. The number of hydrogen-bond acceptors (Lipinski definition) is 2. The van der Waals surface area contributed by atoms with Gasteiger partial charge in [-0.2, -0.15) is 0 Å². The maximum atomic E-state index is 12.1. The fourth-order valence-corrected chi connectivity index (χ4v) is 2.73. The Kier molecular flexibility index (Phi) is 5.20. The summed E-state index contributed by atoms with van der Waals surface area (Å²) in [5.41, 5.74) is 2.20. The summed E-state index contributed by atoms with van der Waals surface area (Å²) in [5, 5.41) is 0. The van der Waals surface area contributed by atoms with E-state index in [0.29, 0.717) is 12.5 Å². The summed E-state index contributed by atoms with van der Waals surface area (Å²) in [6, 6.07) is 6.05. The van der Waals surface area contributed by atoms with Crippen LogP contribution in [0.4, 0.5) is 0 Å². The van der Waals surface area contributed by atoms with E-state index in [9.17, 15) is 4.79 Å². The van der Waals surface area contributed by atoms with Crippen LogP contribution in [0.2, 0.25) is 0 Å². The van der Waals surface area contributed by atoms with Gasteiger partial charge in [-0.25, -0.2) is 0 Å². The number of benzene rings is 1. The highest BCUT2D eigenvalue weighted by Gasteiger charge is 2.19. The summed E-state index contributed by atoms with van der Waals surface area (Å²) in [5.74, 6) is 1.24. The van der Waals surface area contributed by atoms with E-state index in [1.807, 2.05) is 24.0 Å². The highest BCUT2D eigenvalue weighted by Crippen LogP contribution is 2.24. The summed E-state index contributed by atoms with van der Waals surface area (Å²) in [7, 11) is 1.66. The number of aryl methyl sites for hydroxylation is 1. The predicted octanol–water partition coefficient (Wildman–Crippen LogP) is 3.48. The van der Waals surface area contributed by atoms with Gasteiger partial charge in [-0.05, 0) is 37.8 Å². The molecule has 1 amide bonds. The third-order valence-corrected chi connectivity index (χ3v) is 3.85. The van der Waals surface area contributed by atoms with Crippen LogP contribution in [0.3, 0.4) is 0 Å². The second-order valence-corrected chi connectivity index (χ2v) is 5.50. The van der Waals surface area contributed by atoms with Gasteiger partial charge in [0.25, 0.3) is 0 Å². The van der Waals surface area contributed by atoms with E-state index in [1.54, 1.807) is 7.11 Å². The van der Waals surface area contributed by atoms with Crippen LogP contribution in [-0.4, -0.2) is 24.5 Å². The van der Waals surface area contributed by atoms with E-state index in [0.717, 1.165) is 36.3 Å². The maximum Gasteiger partial charge on any atom is 0.246 e. The monoisotopic (exact) mass is 285 g/mol. The Hall–Kier alpha value is -2.03. The molecule has 1 aliphatic carbocycles. The van der Waals surface area contributed by atoms with Crippen LogP contribution in [0.1, 0.15) is 24.0 Å². The Balaban J connectivity index is 2.17. The van der Waals surface area contributed by atoms with Crippen molar-refractivity contribution in [2.75, 3.05) is 13.7 Å². The molecule has 1 atom stereocenters. The molecule has 0 radical (unpaired) electrons. The predicted molar refractivity (Wildman–Crippen MR) is 85.2 cm³/mol. The molecule has 1 aliphatic rings. The van der Waals surface area contributed by atoms with Crippen LogP contribution in [-0.2, 0) is 11.3 Å². The zero-order chi connectivity index (χ0) is 15.2. The molecular weight excluding hydrogens is 262 g/mol. The van der Waals surface area contributed by atoms with Gasteiger partial charge in [-0.15, -0.1) is 0 Å². The van der Waals surface area contributed by atoms with Gasteiger partial charge in [-0.3, -0.25) is 4.79 Å². The van der Waals surface area contributed by atoms with Crippen LogP contribution in [0.25, 0.3) is 0 Å². The number of hydrogen-bond donors (Lipinski definition) is 0. The number of carbonyl (C=O) groups excluding carboxylic acids is 1. The Morgan fingerprint density at radius 3 is 2.95 bits per heavy atom. The van der Waals surface area contributed by atoms with Gasteiger partial charge in [-0.1, -0.05) is 36.4 Å². The third-order valence-electron chi connectivity index (χ3n) is 3.85. The zero-order valence-corrected chi connectivity index (χ0v) is 12.8. The number of allylic oxidation sites excluding steroid dienone is 1. The Labute approximate surface area is 126 Å². The van der Waals surface area contributed by atoms with Crippen molar-refractivity contribution in [2.24, 2.45) is 5.92 Å². The molecule has 0 fully saturated rings. The molecule has 0 aromatic heterocycles. The van der Waals surface area contributed by atoms with Gasteiger partial charge in [0.1, 0.15) is 5.75 Å². The minimum atomic E-state index is -0.0288. The van der Waals surface area contributed by atoms with Crippen LogP contribution < -0.4 is 4.74 Å².